The first-order valence-corrected chi connectivity index (χ1v) is 7.32. The van der Waals surface area contributed by atoms with Gasteiger partial charge in [0.25, 0.3) is 0 Å². The predicted molar refractivity (Wildman–Crippen MR) is 80.4 cm³/mol. The Hall–Kier alpha value is -0.810. The van der Waals surface area contributed by atoms with E-state index in [2.05, 4.69) is 29.1 Å². The van der Waals surface area contributed by atoms with Crippen molar-refractivity contribution in [2.75, 3.05) is 33.4 Å². The minimum absolute atomic E-state index is 0.198. The fourth-order valence-electron chi connectivity index (χ4n) is 2.60. The monoisotopic (exact) mass is 270 g/mol. The molecule has 0 amide bonds. The predicted octanol–water partition coefficient (Wildman–Crippen LogP) is 1.05. The van der Waals surface area contributed by atoms with E-state index in [4.69, 9.17) is 10.5 Å². The van der Waals surface area contributed by atoms with E-state index in [1.807, 2.05) is 6.92 Å². The van der Waals surface area contributed by atoms with Gasteiger partial charge < -0.3 is 15.8 Å². The lowest BCUT2D eigenvalue weighted by molar-refractivity contribution is 0.179. The Labute approximate surface area is 117 Å². The molecule has 0 bridgehead atoms. The van der Waals surface area contributed by atoms with Crippen molar-refractivity contribution in [3.05, 3.63) is 0 Å². The van der Waals surface area contributed by atoms with Gasteiger partial charge in [0.2, 0.25) is 0 Å². The molecule has 1 saturated heterocycles. The summed E-state index contributed by atoms with van der Waals surface area (Å²) < 4.78 is 5.06. The minimum Gasteiger partial charge on any atom is -0.383 e. The maximum absolute atomic E-state index is 5.89. The van der Waals surface area contributed by atoms with Gasteiger partial charge in [-0.05, 0) is 32.2 Å². The molecule has 5 nitrogen and oxygen atoms in total. The largest absolute Gasteiger partial charge is 0.383 e. The number of hydrogen-bond donors (Lipinski definition) is 2. The average molecular weight is 270 g/mol. The normalized spacial score (nSPS) is 23.0. The Bertz CT molecular complexity index is 281. The molecule has 0 aromatic carbocycles. The van der Waals surface area contributed by atoms with Gasteiger partial charge in [-0.15, -0.1) is 0 Å². The van der Waals surface area contributed by atoms with Crippen molar-refractivity contribution in [3.63, 3.8) is 0 Å². The highest BCUT2D eigenvalue weighted by Gasteiger charge is 2.24. The zero-order valence-electron chi connectivity index (χ0n) is 12.9. The molecular formula is C14H30N4O. The average Bonchev–Trinajstić information content (AvgIpc) is 2.73. The fourth-order valence-corrected chi connectivity index (χ4v) is 2.60. The lowest BCUT2D eigenvalue weighted by atomic mass is 10.2. The van der Waals surface area contributed by atoms with Crippen LogP contribution in [0.15, 0.2) is 4.99 Å². The second kappa shape index (κ2) is 8.38. The summed E-state index contributed by atoms with van der Waals surface area (Å²) >= 11 is 0. The van der Waals surface area contributed by atoms with E-state index in [1.165, 1.54) is 19.4 Å². The molecule has 1 unspecified atom stereocenters. The van der Waals surface area contributed by atoms with Gasteiger partial charge in [0.1, 0.15) is 0 Å². The molecule has 3 N–H and O–H groups in total. The highest BCUT2D eigenvalue weighted by atomic mass is 16.5. The summed E-state index contributed by atoms with van der Waals surface area (Å²) in [5.41, 5.74) is 5.89. The quantitative estimate of drug-likeness (QED) is 0.536. The van der Waals surface area contributed by atoms with Gasteiger partial charge in [-0.1, -0.05) is 13.8 Å². The number of likely N-dealkylation sites (tertiary alicyclic amines) is 1. The number of ether oxygens (including phenoxy) is 1. The van der Waals surface area contributed by atoms with Crippen molar-refractivity contribution in [1.29, 1.82) is 0 Å². The lowest BCUT2D eigenvalue weighted by Crippen LogP contribution is -2.42. The van der Waals surface area contributed by atoms with Gasteiger partial charge >= 0.3 is 0 Å². The molecule has 1 aliphatic heterocycles. The molecule has 0 saturated carbocycles. The Morgan fingerprint density at radius 1 is 1.47 bits per heavy atom. The van der Waals surface area contributed by atoms with E-state index in [1.54, 1.807) is 7.11 Å². The van der Waals surface area contributed by atoms with Crippen molar-refractivity contribution in [1.82, 2.24) is 10.2 Å². The molecule has 5 heteroatoms. The van der Waals surface area contributed by atoms with Crippen LogP contribution in [0.5, 0.6) is 0 Å². The SMILES string of the molecule is COCC(C)NC(N)=NC[C@H]1CCCN1CC(C)C. The van der Waals surface area contributed by atoms with Crippen molar-refractivity contribution in [2.45, 2.75) is 45.7 Å². The third kappa shape index (κ3) is 6.25. The third-order valence-electron chi connectivity index (χ3n) is 3.38. The van der Waals surface area contributed by atoms with Crippen LogP contribution in [0.25, 0.3) is 0 Å². The van der Waals surface area contributed by atoms with Gasteiger partial charge in [-0.25, -0.2) is 0 Å². The number of rotatable bonds is 7. The Morgan fingerprint density at radius 2 is 2.21 bits per heavy atom. The standard InChI is InChI=1S/C14H30N4O/c1-11(2)9-18-7-5-6-13(18)8-16-14(15)17-12(3)10-19-4/h11-13H,5-10H2,1-4H3,(H3,15,16,17)/t12?,13-/m1/s1. The molecular weight excluding hydrogens is 240 g/mol. The van der Waals surface area contributed by atoms with E-state index in [0.717, 1.165) is 13.1 Å². The van der Waals surface area contributed by atoms with E-state index in [0.29, 0.717) is 24.5 Å². The number of methoxy groups -OCH3 is 1. The van der Waals surface area contributed by atoms with Crippen LogP contribution >= 0.6 is 0 Å². The first kappa shape index (κ1) is 16.2. The van der Waals surface area contributed by atoms with Crippen molar-refractivity contribution in [2.24, 2.45) is 16.6 Å². The Kier molecular flexibility index (Phi) is 7.16. The summed E-state index contributed by atoms with van der Waals surface area (Å²) in [6.07, 6.45) is 2.51. The molecule has 0 aromatic heterocycles. The first-order chi connectivity index (χ1) is 9.02. The second-order valence-electron chi connectivity index (χ2n) is 5.91. The van der Waals surface area contributed by atoms with Gasteiger partial charge in [0.15, 0.2) is 5.96 Å². The van der Waals surface area contributed by atoms with Crippen molar-refractivity contribution >= 4 is 5.96 Å². The number of nitrogens with zero attached hydrogens (tertiary/aromatic N) is 2. The van der Waals surface area contributed by atoms with Gasteiger partial charge in [-0.2, -0.15) is 0 Å². The number of nitrogens with one attached hydrogen (secondary N) is 1. The van der Waals surface area contributed by atoms with E-state index in [-0.39, 0.29) is 6.04 Å². The molecule has 0 aliphatic carbocycles. The number of aliphatic imine (C=N–C) groups is 1. The number of hydrogen-bond acceptors (Lipinski definition) is 3. The van der Waals surface area contributed by atoms with Crippen LogP contribution in [0.1, 0.15) is 33.6 Å². The molecule has 112 valence electrons. The van der Waals surface area contributed by atoms with Crippen LogP contribution in [0.4, 0.5) is 0 Å². The van der Waals surface area contributed by atoms with E-state index < -0.39 is 0 Å². The highest BCUT2D eigenvalue weighted by Crippen LogP contribution is 2.18. The van der Waals surface area contributed by atoms with Crippen molar-refractivity contribution in [3.8, 4) is 0 Å². The summed E-state index contributed by atoms with van der Waals surface area (Å²) in [7, 11) is 1.69. The summed E-state index contributed by atoms with van der Waals surface area (Å²) in [5, 5.41) is 3.14. The van der Waals surface area contributed by atoms with Crippen LogP contribution in [0, 0.1) is 5.92 Å². The lowest BCUT2D eigenvalue weighted by Gasteiger charge is -2.25. The molecule has 1 rings (SSSR count). The second-order valence-corrected chi connectivity index (χ2v) is 5.91. The maximum Gasteiger partial charge on any atom is 0.188 e. The van der Waals surface area contributed by atoms with E-state index in [9.17, 15) is 0 Å². The molecule has 1 aliphatic rings. The van der Waals surface area contributed by atoms with Gasteiger partial charge in [-0.3, -0.25) is 9.89 Å². The molecule has 2 atom stereocenters. The van der Waals surface area contributed by atoms with E-state index >= 15 is 0 Å². The van der Waals surface area contributed by atoms with Crippen molar-refractivity contribution < 1.29 is 4.74 Å². The molecule has 0 radical (unpaired) electrons. The van der Waals surface area contributed by atoms with Gasteiger partial charge in [0, 0.05) is 25.7 Å². The summed E-state index contributed by atoms with van der Waals surface area (Å²) in [4.78, 5) is 7.01. The summed E-state index contributed by atoms with van der Waals surface area (Å²) in [6, 6.07) is 0.754. The first-order valence-electron chi connectivity index (χ1n) is 7.32. The summed E-state index contributed by atoms with van der Waals surface area (Å²) in [6.45, 7) is 10.4. The fraction of sp³-hybridized carbons (Fsp3) is 0.929. The summed E-state index contributed by atoms with van der Waals surface area (Å²) in [5.74, 6) is 1.24. The topological polar surface area (TPSA) is 62.9 Å². The molecule has 19 heavy (non-hydrogen) atoms. The van der Waals surface area contributed by atoms with Crippen LogP contribution < -0.4 is 11.1 Å². The smallest absolute Gasteiger partial charge is 0.188 e. The zero-order chi connectivity index (χ0) is 14.3. The maximum atomic E-state index is 5.89. The zero-order valence-corrected chi connectivity index (χ0v) is 12.9. The van der Waals surface area contributed by atoms with Gasteiger partial charge in [0.05, 0.1) is 13.2 Å². The number of guanidine groups is 1. The number of nitrogens with two attached hydrogens (primary N) is 1. The molecule has 0 aromatic rings. The third-order valence-corrected chi connectivity index (χ3v) is 3.38. The van der Waals surface area contributed by atoms with Crippen LogP contribution in [-0.2, 0) is 4.74 Å². The van der Waals surface area contributed by atoms with Crippen LogP contribution in [-0.4, -0.2) is 56.3 Å². The molecule has 1 fully saturated rings. The highest BCUT2D eigenvalue weighted by molar-refractivity contribution is 5.78. The molecule has 0 spiro atoms. The molecule has 1 heterocycles. The van der Waals surface area contributed by atoms with Crippen LogP contribution in [0.3, 0.4) is 0 Å². The minimum atomic E-state index is 0.198. The Morgan fingerprint density at radius 3 is 2.84 bits per heavy atom. The Balaban J connectivity index is 2.36. The van der Waals surface area contributed by atoms with Crippen LogP contribution in [0.2, 0.25) is 0 Å².